The van der Waals surface area contributed by atoms with Crippen molar-refractivity contribution < 1.29 is 13.2 Å². The number of benzene rings is 1. The predicted molar refractivity (Wildman–Crippen MR) is 110 cm³/mol. The molecule has 2 aliphatic rings. The van der Waals surface area contributed by atoms with E-state index in [9.17, 15) is 13.2 Å². The van der Waals surface area contributed by atoms with E-state index in [4.69, 9.17) is 5.73 Å². The van der Waals surface area contributed by atoms with Gasteiger partial charge in [-0.2, -0.15) is 0 Å². The molecule has 1 aliphatic carbocycles. The van der Waals surface area contributed by atoms with Gasteiger partial charge in [-0.3, -0.25) is 9.69 Å². The highest BCUT2D eigenvalue weighted by Gasteiger charge is 2.47. The number of nitrogens with one attached hydrogen (secondary N) is 1. The lowest BCUT2D eigenvalue weighted by Crippen LogP contribution is -2.45. The van der Waals surface area contributed by atoms with Crippen LogP contribution in [0, 0.1) is 5.92 Å². The fraction of sp³-hybridized carbons (Fsp3) is 0.600. The lowest BCUT2D eigenvalue weighted by Gasteiger charge is -2.34. The van der Waals surface area contributed by atoms with E-state index in [2.05, 4.69) is 21.8 Å². The zero-order valence-corrected chi connectivity index (χ0v) is 17.4. The Kier molecular flexibility index (Phi) is 6.09. The SMILES string of the molecule is CN1C(=O)[C@@](CCc2ccccc2)(C[C@H]2CCC[C@@H](NS(C)(=O)=O)C2)N=C1N. The van der Waals surface area contributed by atoms with E-state index in [1.165, 1.54) is 16.7 Å². The van der Waals surface area contributed by atoms with Gasteiger partial charge in [0.1, 0.15) is 5.54 Å². The van der Waals surface area contributed by atoms with Gasteiger partial charge in [-0.15, -0.1) is 0 Å². The summed E-state index contributed by atoms with van der Waals surface area (Å²) in [4.78, 5) is 19.1. The summed E-state index contributed by atoms with van der Waals surface area (Å²) in [6, 6.07) is 9.99. The minimum absolute atomic E-state index is 0.0564. The van der Waals surface area contributed by atoms with Crippen molar-refractivity contribution in [2.45, 2.75) is 56.5 Å². The Labute approximate surface area is 167 Å². The van der Waals surface area contributed by atoms with Crippen LogP contribution in [0.3, 0.4) is 0 Å². The normalized spacial score (nSPS) is 28.4. The largest absolute Gasteiger partial charge is 0.369 e. The second kappa shape index (κ2) is 8.21. The van der Waals surface area contributed by atoms with Gasteiger partial charge >= 0.3 is 0 Å². The summed E-state index contributed by atoms with van der Waals surface area (Å²) < 4.78 is 25.9. The van der Waals surface area contributed by atoms with Crippen LogP contribution in [0.25, 0.3) is 0 Å². The molecule has 1 aromatic rings. The van der Waals surface area contributed by atoms with Crippen LogP contribution >= 0.6 is 0 Å². The minimum Gasteiger partial charge on any atom is -0.369 e. The maximum absolute atomic E-state index is 13.1. The van der Waals surface area contributed by atoms with Gasteiger partial charge in [-0.1, -0.05) is 43.2 Å². The van der Waals surface area contributed by atoms with Crippen LogP contribution < -0.4 is 10.5 Å². The Hall–Kier alpha value is -1.93. The van der Waals surface area contributed by atoms with Crippen LogP contribution in [0.4, 0.5) is 0 Å². The molecule has 1 aromatic carbocycles. The first-order chi connectivity index (χ1) is 13.2. The molecule has 0 radical (unpaired) electrons. The Morgan fingerprint density at radius 1 is 1.29 bits per heavy atom. The van der Waals surface area contributed by atoms with Crippen molar-refractivity contribution >= 4 is 21.9 Å². The highest BCUT2D eigenvalue weighted by atomic mass is 32.2. The van der Waals surface area contributed by atoms with Crippen molar-refractivity contribution in [3.8, 4) is 0 Å². The number of rotatable bonds is 7. The molecule has 0 aromatic heterocycles. The third-order valence-electron chi connectivity index (χ3n) is 5.83. The number of likely N-dealkylation sites (N-methyl/N-ethyl adjacent to an activating group) is 1. The molecule has 1 heterocycles. The number of nitrogens with zero attached hydrogens (tertiary/aromatic N) is 2. The van der Waals surface area contributed by atoms with E-state index >= 15 is 0 Å². The highest BCUT2D eigenvalue weighted by Crippen LogP contribution is 2.38. The van der Waals surface area contributed by atoms with Crippen molar-refractivity contribution in [1.29, 1.82) is 0 Å². The van der Waals surface area contributed by atoms with Gasteiger partial charge in [0.2, 0.25) is 10.0 Å². The Bertz CT molecular complexity index is 840. The quantitative estimate of drug-likeness (QED) is 0.718. The molecule has 0 saturated heterocycles. The number of sulfonamides is 1. The Morgan fingerprint density at radius 3 is 2.61 bits per heavy atom. The molecule has 0 unspecified atom stereocenters. The molecular formula is C20H30N4O3S. The molecule has 7 nitrogen and oxygen atoms in total. The maximum Gasteiger partial charge on any atom is 0.257 e. The summed E-state index contributed by atoms with van der Waals surface area (Å²) >= 11 is 0. The van der Waals surface area contributed by atoms with Crippen LogP contribution in [0.15, 0.2) is 35.3 Å². The average Bonchev–Trinajstić information content (AvgIpc) is 2.84. The van der Waals surface area contributed by atoms with E-state index in [1.807, 2.05) is 18.2 Å². The van der Waals surface area contributed by atoms with E-state index in [1.54, 1.807) is 7.05 Å². The van der Waals surface area contributed by atoms with E-state index in [0.29, 0.717) is 12.8 Å². The van der Waals surface area contributed by atoms with Gasteiger partial charge in [-0.25, -0.2) is 18.1 Å². The second-order valence-corrected chi connectivity index (χ2v) is 9.96. The molecule has 1 amide bonds. The number of aryl methyl sites for hydroxylation is 1. The third-order valence-corrected chi connectivity index (χ3v) is 6.60. The molecule has 0 bridgehead atoms. The predicted octanol–water partition coefficient (Wildman–Crippen LogP) is 1.64. The van der Waals surface area contributed by atoms with Gasteiger partial charge in [-0.05, 0) is 43.6 Å². The van der Waals surface area contributed by atoms with Crippen LogP contribution in [0.2, 0.25) is 0 Å². The summed E-state index contributed by atoms with van der Waals surface area (Å²) in [7, 11) is -1.57. The zero-order chi connectivity index (χ0) is 20.4. The van der Waals surface area contributed by atoms with E-state index in [-0.39, 0.29) is 23.8 Å². The summed E-state index contributed by atoms with van der Waals surface area (Å²) in [5.41, 5.74) is 6.30. The van der Waals surface area contributed by atoms with Crippen LogP contribution in [0.1, 0.15) is 44.1 Å². The molecule has 3 atom stereocenters. The first-order valence-corrected chi connectivity index (χ1v) is 11.7. The monoisotopic (exact) mass is 406 g/mol. The van der Waals surface area contributed by atoms with Crippen LogP contribution in [-0.2, 0) is 21.2 Å². The third kappa shape index (κ3) is 4.91. The second-order valence-electron chi connectivity index (χ2n) is 8.18. The standard InChI is InChI=1S/C20H30N4O3S/c1-24-18(25)20(22-19(24)21,12-11-15-7-4-3-5-8-15)14-16-9-6-10-17(13-16)23-28(2,26)27/h3-5,7-8,16-17,23H,6,9-14H2,1-2H3,(H2,21,22)/t16-,17+,20+/m0/s1. The number of carbonyl (C=O) groups is 1. The molecule has 8 heteroatoms. The topological polar surface area (TPSA) is 105 Å². The smallest absolute Gasteiger partial charge is 0.257 e. The van der Waals surface area contributed by atoms with Gasteiger partial charge < -0.3 is 5.73 Å². The first kappa shape index (κ1) is 20.8. The molecule has 28 heavy (non-hydrogen) atoms. The average molecular weight is 407 g/mol. The van der Waals surface area contributed by atoms with Gasteiger partial charge in [0.05, 0.1) is 6.26 Å². The summed E-state index contributed by atoms with van der Waals surface area (Å²) in [6.45, 7) is 0. The van der Waals surface area contributed by atoms with E-state index < -0.39 is 15.6 Å². The lowest BCUT2D eigenvalue weighted by molar-refractivity contribution is -0.131. The number of nitrogens with two attached hydrogens (primary N) is 1. The number of hydrogen-bond donors (Lipinski definition) is 2. The number of amides is 1. The van der Waals surface area contributed by atoms with Crippen molar-refractivity contribution in [3.63, 3.8) is 0 Å². The molecule has 1 fully saturated rings. The first-order valence-electron chi connectivity index (χ1n) is 9.83. The summed E-state index contributed by atoms with van der Waals surface area (Å²) in [5, 5.41) is 0. The van der Waals surface area contributed by atoms with Crippen molar-refractivity contribution in [1.82, 2.24) is 9.62 Å². The van der Waals surface area contributed by atoms with Crippen molar-refractivity contribution in [2.75, 3.05) is 13.3 Å². The molecule has 0 spiro atoms. The molecule has 1 aliphatic heterocycles. The maximum atomic E-state index is 13.1. The fourth-order valence-electron chi connectivity index (χ4n) is 4.52. The van der Waals surface area contributed by atoms with Gasteiger partial charge in [0, 0.05) is 13.1 Å². The number of hydrogen-bond acceptors (Lipinski definition) is 5. The van der Waals surface area contributed by atoms with Crippen molar-refractivity contribution in [3.05, 3.63) is 35.9 Å². The number of guanidine groups is 1. The van der Waals surface area contributed by atoms with Crippen LogP contribution in [-0.4, -0.2) is 50.1 Å². The van der Waals surface area contributed by atoms with Crippen molar-refractivity contribution in [2.24, 2.45) is 16.6 Å². The zero-order valence-electron chi connectivity index (χ0n) is 16.6. The van der Waals surface area contributed by atoms with E-state index in [0.717, 1.165) is 32.1 Å². The minimum atomic E-state index is -3.24. The number of aliphatic imine (C=N–C) groups is 1. The molecule has 1 saturated carbocycles. The van der Waals surface area contributed by atoms with Gasteiger partial charge in [0.25, 0.3) is 5.91 Å². The van der Waals surface area contributed by atoms with Crippen LogP contribution in [0.5, 0.6) is 0 Å². The Morgan fingerprint density at radius 2 is 2.00 bits per heavy atom. The highest BCUT2D eigenvalue weighted by molar-refractivity contribution is 7.88. The Balaban J connectivity index is 1.75. The molecule has 3 rings (SSSR count). The lowest BCUT2D eigenvalue weighted by atomic mass is 9.75. The van der Waals surface area contributed by atoms with Gasteiger partial charge in [0.15, 0.2) is 5.96 Å². The summed E-state index contributed by atoms with van der Waals surface area (Å²) in [5.74, 6) is 0.439. The number of carbonyl (C=O) groups excluding carboxylic acids is 1. The molecule has 3 N–H and O–H groups in total. The molecular weight excluding hydrogens is 376 g/mol. The summed E-state index contributed by atoms with van der Waals surface area (Å²) in [6.07, 6.45) is 6.62. The fourth-order valence-corrected chi connectivity index (χ4v) is 5.34. The molecule has 154 valence electrons.